The topological polar surface area (TPSA) is 101 Å². The zero-order chi connectivity index (χ0) is 26.7. The normalized spacial score (nSPS) is 28.7. The van der Waals surface area contributed by atoms with Crippen molar-refractivity contribution < 1.29 is 31.1 Å². The first kappa shape index (κ1) is 25.5. The zero-order valence-corrected chi connectivity index (χ0v) is 21.5. The minimum Gasteiger partial charge on any atom is -0.406 e. The van der Waals surface area contributed by atoms with Crippen LogP contribution in [0.15, 0.2) is 35.5 Å². The number of aromatic nitrogens is 2. The molecule has 38 heavy (non-hydrogen) atoms. The first-order valence-electron chi connectivity index (χ1n) is 13.0. The molecule has 0 radical (unpaired) electrons. The van der Waals surface area contributed by atoms with Gasteiger partial charge in [0.1, 0.15) is 17.9 Å². The molecule has 4 fully saturated rings. The summed E-state index contributed by atoms with van der Waals surface area (Å²) in [5.74, 6) is 2.13. The number of fused-ring (bicyclic) bond motifs is 1. The smallest absolute Gasteiger partial charge is 0.406 e. The van der Waals surface area contributed by atoms with Crippen molar-refractivity contribution >= 4 is 21.7 Å². The molecule has 1 aliphatic heterocycles. The molecule has 204 valence electrons. The predicted octanol–water partition coefficient (Wildman–Crippen LogP) is 4.67. The van der Waals surface area contributed by atoms with Gasteiger partial charge in [0.25, 0.3) is 0 Å². The molecule has 1 amide bonds. The number of anilines is 1. The number of nitrogens with one attached hydrogen (secondary N) is 1. The van der Waals surface area contributed by atoms with Gasteiger partial charge in [-0.15, -0.1) is 13.2 Å². The van der Waals surface area contributed by atoms with Crippen molar-refractivity contribution in [1.29, 1.82) is 0 Å². The molecule has 12 heteroatoms. The Morgan fingerprint density at radius 2 is 1.68 bits per heavy atom. The number of sulfonamides is 1. The van der Waals surface area contributed by atoms with Crippen LogP contribution < -0.4 is 10.1 Å². The van der Waals surface area contributed by atoms with Crippen molar-refractivity contribution in [3.8, 4) is 5.75 Å². The molecule has 0 spiro atoms. The molecular formula is C26H29F3N4O4S. The van der Waals surface area contributed by atoms with E-state index < -0.39 is 22.1 Å². The predicted molar refractivity (Wildman–Crippen MR) is 130 cm³/mol. The third-order valence-electron chi connectivity index (χ3n) is 8.63. The van der Waals surface area contributed by atoms with Crippen molar-refractivity contribution in [2.24, 2.45) is 23.2 Å². The maximum absolute atomic E-state index is 13.2. The second kappa shape index (κ2) is 9.18. The summed E-state index contributed by atoms with van der Waals surface area (Å²) >= 11 is 0. The Labute approximate surface area is 219 Å². The molecule has 1 aromatic carbocycles. The average molecular weight is 551 g/mol. The van der Waals surface area contributed by atoms with Gasteiger partial charge in [0, 0.05) is 18.5 Å². The first-order valence-corrected chi connectivity index (χ1v) is 14.4. The number of halogens is 3. The van der Waals surface area contributed by atoms with E-state index in [2.05, 4.69) is 20.0 Å². The van der Waals surface area contributed by atoms with Crippen LogP contribution in [0, 0.1) is 23.2 Å². The van der Waals surface area contributed by atoms with Crippen LogP contribution >= 0.6 is 0 Å². The number of rotatable bonds is 6. The van der Waals surface area contributed by atoms with Gasteiger partial charge < -0.3 is 10.1 Å². The van der Waals surface area contributed by atoms with Crippen LogP contribution in [0.5, 0.6) is 5.75 Å². The maximum Gasteiger partial charge on any atom is 0.573 e. The fraction of sp³-hybridized carbons (Fsp3) is 0.577. The largest absolute Gasteiger partial charge is 0.573 e. The van der Waals surface area contributed by atoms with Gasteiger partial charge in [0.05, 0.1) is 17.1 Å². The van der Waals surface area contributed by atoms with Gasteiger partial charge in [-0.05, 0) is 92.4 Å². The highest BCUT2D eigenvalue weighted by Crippen LogP contribution is 2.61. The van der Waals surface area contributed by atoms with E-state index in [1.807, 2.05) is 0 Å². The van der Waals surface area contributed by atoms with E-state index in [0.29, 0.717) is 29.9 Å². The minimum atomic E-state index is -4.86. The molecule has 1 N–H and O–H groups in total. The summed E-state index contributed by atoms with van der Waals surface area (Å²) in [6, 6.07) is 4.11. The highest BCUT2D eigenvalue weighted by molar-refractivity contribution is 7.89. The summed E-state index contributed by atoms with van der Waals surface area (Å²) in [4.78, 5) is 21.6. The summed E-state index contributed by atoms with van der Waals surface area (Å²) in [6.07, 6.45) is 4.57. The number of carbonyl (C=O) groups is 1. The Hall–Kier alpha value is -2.73. The highest BCUT2D eigenvalue weighted by atomic mass is 32.2. The number of amides is 1. The fourth-order valence-electron chi connectivity index (χ4n) is 7.63. The van der Waals surface area contributed by atoms with Crippen molar-refractivity contribution in [3.05, 3.63) is 41.9 Å². The molecule has 0 atom stereocenters. The summed E-state index contributed by atoms with van der Waals surface area (Å²) in [7, 11) is -3.98. The van der Waals surface area contributed by atoms with Gasteiger partial charge in [-0.25, -0.2) is 18.4 Å². The van der Waals surface area contributed by atoms with Gasteiger partial charge >= 0.3 is 6.36 Å². The van der Waals surface area contributed by atoms with E-state index in [9.17, 15) is 26.4 Å². The van der Waals surface area contributed by atoms with Crippen LogP contribution in [0.25, 0.3) is 0 Å². The molecule has 0 saturated heterocycles. The van der Waals surface area contributed by atoms with E-state index in [1.165, 1.54) is 29.9 Å². The average Bonchev–Trinajstić information content (AvgIpc) is 2.82. The molecule has 7 rings (SSSR count). The number of hydrogen-bond donors (Lipinski definition) is 1. The lowest BCUT2D eigenvalue weighted by Gasteiger charge is -2.56. The number of ether oxygens (including phenoxy) is 1. The number of alkyl halides is 3. The first-order chi connectivity index (χ1) is 18.0. The Morgan fingerprint density at radius 3 is 2.29 bits per heavy atom. The monoisotopic (exact) mass is 550 g/mol. The number of nitrogens with zero attached hydrogens (tertiary/aromatic N) is 3. The molecule has 4 saturated carbocycles. The summed E-state index contributed by atoms with van der Waals surface area (Å²) in [5.41, 5.74) is 1.31. The highest BCUT2D eigenvalue weighted by Gasteiger charge is 2.51. The maximum atomic E-state index is 13.2. The van der Waals surface area contributed by atoms with Crippen molar-refractivity contribution in [2.45, 2.75) is 69.2 Å². The van der Waals surface area contributed by atoms with Gasteiger partial charge in [-0.3, -0.25) is 4.79 Å². The van der Waals surface area contributed by atoms with Crippen LogP contribution in [0.1, 0.15) is 56.2 Å². The Bertz CT molecular complexity index is 1310. The molecule has 5 aliphatic rings. The second-order valence-corrected chi connectivity index (χ2v) is 13.3. The summed E-state index contributed by atoms with van der Waals surface area (Å²) in [6.45, 7) is 0.0974. The number of hydrogen-bond acceptors (Lipinski definition) is 6. The molecule has 1 aromatic heterocycles. The summed E-state index contributed by atoms with van der Waals surface area (Å²) in [5, 5.41) is 2.99. The van der Waals surface area contributed by atoms with E-state index in [0.717, 1.165) is 61.3 Å². The third kappa shape index (κ3) is 5.00. The van der Waals surface area contributed by atoms with Gasteiger partial charge in [-0.1, -0.05) is 0 Å². The van der Waals surface area contributed by atoms with Crippen LogP contribution in [-0.2, 0) is 27.8 Å². The SMILES string of the molecule is O=C(CC12CC3CC(CC(C3)C1)C2)Nc1ncnc2c1CCN(S(=O)(=O)c1ccc(OC(F)(F)F)cc1)C2. The summed E-state index contributed by atoms with van der Waals surface area (Å²) < 4.78 is 68.6. The lowest BCUT2D eigenvalue weighted by molar-refractivity contribution is -0.274. The van der Waals surface area contributed by atoms with Crippen LogP contribution in [-0.4, -0.2) is 41.5 Å². The molecule has 0 unspecified atom stereocenters. The van der Waals surface area contributed by atoms with Gasteiger partial charge in [0.15, 0.2) is 0 Å². The van der Waals surface area contributed by atoms with Crippen molar-refractivity contribution in [1.82, 2.24) is 14.3 Å². The number of carbonyl (C=O) groups excluding carboxylic acids is 1. The molecule has 4 bridgehead atoms. The second-order valence-electron chi connectivity index (χ2n) is 11.4. The molecule has 2 aromatic rings. The van der Waals surface area contributed by atoms with Crippen LogP contribution in [0.2, 0.25) is 0 Å². The van der Waals surface area contributed by atoms with Crippen LogP contribution in [0.4, 0.5) is 19.0 Å². The standard InChI is InChI=1S/C26H29F3N4O4S/c27-26(28,29)37-19-1-3-20(4-2-19)38(35,36)33-6-5-21-22(14-33)30-15-31-24(21)32-23(34)13-25-10-16-7-17(11-25)9-18(8-16)12-25/h1-4,15-18H,5-14H2,(H,30,31,32,34). The van der Waals surface area contributed by atoms with E-state index in [-0.39, 0.29) is 29.3 Å². The van der Waals surface area contributed by atoms with Crippen molar-refractivity contribution in [2.75, 3.05) is 11.9 Å². The quantitative estimate of drug-likeness (QED) is 0.561. The zero-order valence-electron chi connectivity index (χ0n) is 20.7. The lowest BCUT2D eigenvalue weighted by atomic mass is 9.49. The van der Waals surface area contributed by atoms with E-state index in [1.54, 1.807) is 0 Å². The molecule has 4 aliphatic carbocycles. The lowest BCUT2D eigenvalue weighted by Crippen LogP contribution is -2.47. The fourth-order valence-corrected chi connectivity index (χ4v) is 9.03. The minimum absolute atomic E-state index is 0.0289. The van der Waals surface area contributed by atoms with Crippen molar-refractivity contribution in [3.63, 3.8) is 0 Å². The number of benzene rings is 1. The molecule has 2 heterocycles. The van der Waals surface area contributed by atoms with E-state index in [4.69, 9.17) is 0 Å². The van der Waals surface area contributed by atoms with E-state index >= 15 is 0 Å². The molecule has 8 nitrogen and oxygen atoms in total. The third-order valence-corrected chi connectivity index (χ3v) is 10.5. The molecular weight excluding hydrogens is 521 g/mol. The Morgan fingerprint density at radius 1 is 1.05 bits per heavy atom. The van der Waals surface area contributed by atoms with Crippen LogP contribution in [0.3, 0.4) is 0 Å². The Balaban J connectivity index is 1.13. The van der Waals surface area contributed by atoms with Gasteiger partial charge in [0.2, 0.25) is 15.9 Å². The Kier molecular flexibility index (Phi) is 6.17. The van der Waals surface area contributed by atoms with Gasteiger partial charge in [-0.2, -0.15) is 4.31 Å².